The molecule has 1 aromatic carbocycles. The van der Waals surface area contributed by atoms with Crippen molar-refractivity contribution in [3.8, 4) is 0 Å². The van der Waals surface area contributed by atoms with Crippen LogP contribution in [0.25, 0.3) is 0 Å². The van der Waals surface area contributed by atoms with E-state index < -0.39 is 0 Å². The summed E-state index contributed by atoms with van der Waals surface area (Å²) in [4.78, 5) is 0. The van der Waals surface area contributed by atoms with Gasteiger partial charge in [0.1, 0.15) is 0 Å². The molecule has 1 aromatic rings. The lowest BCUT2D eigenvalue weighted by Gasteiger charge is -2.46. The van der Waals surface area contributed by atoms with Crippen LogP contribution >= 0.6 is 11.6 Å². The molecule has 1 saturated carbocycles. The summed E-state index contributed by atoms with van der Waals surface area (Å²) < 4.78 is 0. The molecule has 0 heterocycles. The zero-order chi connectivity index (χ0) is 15.7. The second-order valence-electron chi connectivity index (χ2n) is 8.29. The standard InChI is InChI=1S/C19H30ClN/c1-6-17(14-8-7-9-15(20)10-14)21-16-11-18(2,3)13-19(4,5)12-16/h7-10,16-17,21H,6,11-13H2,1-5H3. The summed E-state index contributed by atoms with van der Waals surface area (Å²) in [7, 11) is 0. The quantitative estimate of drug-likeness (QED) is 0.721. The van der Waals surface area contributed by atoms with Gasteiger partial charge in [0, 0.05) is 17.1 Å². The largest absolute Gasteiger partial charge is 0.307 e. The number of benzene rings is 1. The highest BCUT2D eigenvalue weighted by Crippen LogP contribution is 2.46. The highest BCUT2D eigenvalue weighted by Gasteiger charge is 2.38. The fourth-order valence-electron chi connectivity index (χ4n) is 4.42. The SMILES string of the molecule is CCC(NC1CC(C)(C)CC(C)(C)C1)c1cccc(Cl)c1. The van der Waals surface area contributed by atoms with Crippen LogP contribution in [0.2, 0.25) is 5.02 Å². The molecule has 1 atom stereocenters. The van der Waals surface area contributed by atoms with E-state index in [1.165, 1.54) is 24.8 Å². The monoisotopic (exact) mass is 307 g/mol. The second-order valence-corrected chi connectivity index (χ2v) is 8.73. The molecule has 0 bridgehead atoms. The summed E-state index contributed by atoms with van der Waals surface area (Å²) in [6.07, 6.45) is 4.92. The maximum Gasteiger partial charge on any atom is 0.0409 e. The molecule has 0 saturated heterocycles. The molecule has 0 aliphatic heterocycles. The lowest BCUT2D eigenvalue weighted by atomic mass is 9.63. The molecule has 21 heavy (non-hydrogen) atoms. The Morgan fingerprint density at radius 1 is 1.19 bits per heavy atom. The molecule has 0 amide bonds. The van der Waals surface area contributed by atoms with Crippen molar-refractivity contribution in [2.75, 3.05) is 0 Å². The van der Waals surface area contributed by atoms with Crippen molar-refractivity contribution in [1.29, 1.82) is 0 Å². The first-order valence-electron chi connectivity index (χ1n) is 8.22. The summed E-state index contributed by atoms with van der Waals surface area (Å²) in [5.41, 5.74) is 2.16. The zero-order valence-corrected chi connectivity index (χ0v) is 14.9. The summed E-state index contributed by atoms with van der Waals surface area (Å²) in [5, 5.41) is 4.73. The van der Waals surface area contributed by atoms with E-state index in [9.17, 15) is 0 Å². The molecule has 2 heteroatoms. The Morgan fingerprint density at radius 2 is 1.81 bits per heavy atom. The van der Waals surface area contributed by atoms with Gasteiger partial charge in [-0.15, -0.1) is 0 Å². The van der Waals surface area contributed by atoms with E-state index in [0.29, 0.717) is 22.9 Å². The van der Waals surface area contributed by atoms with Crippen LogP contribution in [0.5, 0.6) is 0 Å². The molecule has 1 fully saturated rings. The van der Waals surface area contributed by atoms with Crippen LogP contribution < -0.4 is 5.32 Å². The van der Waals surface area contributed by atoms with Crippen molar-refractivity contribution in [2.24, 2.45) is 10.8 Å². The molecule has 1 unspecified atom stereocenters. The Hall–Kier alpha value is -0.530. The Morgan fingerprint density at radius 3 is 2.33 bits per heavy atom. The van der Waals surface area contributed by atoms with Crippen molar-refractivity contribution >= 4 is 11.6 Å². The van der Waals surface area contributed by atoms with E-state index in [1.807, 2.05) is 6.07 Å². The van der Waals surface area contributed by atoms with E-state index in [0.717, 1.165) is 11.4 Å². The van der Waals surface area contributed by atoms with Crippen LogP contribution in [0.4, 0.5) is 0 Å². The molecule has 1 nitrogen and oxygen atoms in total. The van der Waals surface area contributed by atoms with E-state index in [1.54, 1.807) is 0 Å². The van der Waals surface area contributed by atoms with Gasteiger partial charge >= 0.3 is 0 Å². The first-order chi connectivity index (χ1) is 9.71. The Bertz CT molecular complexity index is 462. The zero-order valence-electron chi connectivity index (χ0n) is 14.2. The van der Waals surface area contributed by atoms with Gasteiger partial charge in [0.15, 0.2) is 0 Å². The van der Waals surface area contributed by atoms with Crippen molar-refractivity contribution in [3.05, 3.63) is 34.9 Å². The van der Waals surface area contributed by atoms with Crippen LogP contribution in [0.15, 0.2) is 24.3 Å². The third-order valence-electron chi connectivity index (χ3n) is 4.65. The van der Waals surface area contributed by atoms with Crippen molar-refractivity contribution in [3.63, 3.8) is 0 Å². The third-order valence-corrected chi connectivity index (χ3v) is 4.89. The molecule has 0 radical (unpaired) electrons. The number of hydrogen-bond donors (Lipinski definition) is 1. The van der Waals surface area contributed by atoms with E-state index in [-0.39, 0.29) is 0 Å². The van der Waals surface area contributed by atoms with E-state index >= 15 is 0 Å². The molecule has 2 rings (SSSR count). The normalized spacial score (nSPS) is 23.0. The maximum absolute atomic E-state index is 6.15. The average Bonchev–Trinajstić information content (AvgIpc) is 2.32. The summed E-state index contributed by atoms with van der Waals surface area (Å²) in [5.74, 6) is 0. The third kappa shape index (κ3) is 4.72. The molecule has 118 valence electrons. The molecular weight excluding hydrogens is 278 g/mol. The van der Waals surface area contributed by atoms with Crippen molar-refractivity contribution in [2.45, 2.75) is 72.4 Å². The van der Waals surface area contributed by atoms with Crippen LogP contribution in [0, 0.1) is 10.8 Å². The van der Waals surface area contributed by atoms with Gasteiger partial charge in [-0.1, -0.05) is 58.4 Å². The van der Waals surface area contributed by atoms with Gasteiger partial charge in [-0.05, 0) is 54.2 Å². The van der Waals surface area contributed by atoms with E-state index in [4.69, 9.17) is 11.6 Å². The second kappa shape index (κ2) is 6.30. The summed E-state index contributed by atoms with van der Waals surface area (Å²) >= 11 is 6.15. The minimum Gasteiger partial charge on any atom is -0.307 e. The van der Waals surface area contributed by atoms with Gasteiger partial charge in [-0.3, -0.25) is 0 Å². The highest BCUT2D eigenvalue weighted by molar-refractivity contribution is 6.30. The van der Waals surface area contributed by atoms with E-state index in [2.05, 4.69) is 58.1 Å². The summed E-state index contributed by atoms with van der Waals surface area (Å²) in [6.45, 7) is 11.9. The van der Waals surface area contributed by atoms with Crippen molar-refractivity contribution in [1.82, 2.24) is 5.32 Å². The van der Waals surface area contributed by atoms with Crippen LogP contribution in [-0.4, -0.2) is 6.04 Å². The van der Waals surface area contributed by atoms with Gasteiger partial charge in [0.2, 0.25) is 0 Å². The van der Waals surface area contributed by atoms with Crippen LogP contribution in [0.1, 0.15) is 71.9 Å². The van der Waals surface area contributed by atoms with Crippen LogP contribution in [0.3, 0.4) is 0 Å². The Balaban J connectivity index is 2.11. The predicted molar refractivity (Wildman–Crippen MR) is 92.8 cm³/mol. The smallest absolute Gasteiger partial charge is 0.0409 e. The predicted octanol–water partition coefficient (Wildman–Crippen LogP) is 5.99. The number of nitrogens with one attached hydrogen (secondary N) is 1. The molecule has 1 aliphatic rings. The number of rotatable bonds is 4. The number of halogens is 1. The first kappa shape index (κ1) is 16.8. The highest BCUT2D eigenvalue weighted by atomic mass is 35.5. The minimum absolute atomic E-state index is 0.401. The molecule has 0 spiro atoms. The van der Waals surface area contributed by atoms with Gasteiger partial charge in [-0.25, -0.2) is 0 Å². The lowest BCUT2D eigenvalue weighted by molar-refractivity contribution is 0.0799. The van der Waals surface area contributed by atoms with Gasteiger partial charge < -0.3 is 5.32 Å². The fraction of sp³-hybridized carbons (Fsp3) is 0.684. The molecule has 1 N–H and O–H groups in total. The van der Waals surface area contributed by atoms with Gasteiger partial charge in [0.05, 0.1) is 0 Å². The van der Waals surface area contributed by atoms with Gasteiger partial charge in [-0.2, -0.15) is 0 Å². The molecular formula is C19H30ClN. The van der Waals surface area contributed by atoms with Gasteiger partial charge in [0.25, 0.3) is 0 Å². The van der Waals surface area contributed by atoms with Crippen LogP contribution in [-0.2, 0) is 0 Å². The Labute approximate surface area is 135 Å². The minimum atomic E-state index is 0.401. The number of hydrogen-bond acceptors (Lipinski definition) is 1. The molecule has 0 aromatic heterocycles. The van der Waals surface area contributed by atoms with Crippen molar-refractivity contribution < 1.29 is 0 Å². The Kier molecular flexibility index (Phi) is 5.05. The fourth-order valence-corrected chi connectivity index (χ4v) is 4.62. The topological polar surface area (TPSA) is 12.0 Å². The first-order valence-corrected chi connectivity index (χ1v) is 8.60. The maximum atomic E-state index is 6.15. The summed E-state index contributed by atoms with van der Waals surface area (Å²) in [6, 6.07) is 9.28. The molecule has 1 aliphatic carbocycles. The average molecular weight is 308 g/mol. The lowest BCUT2D eigenvalue weighted by Crippen LogP contribution is -2.45.